The lowest BCUT2D eigenvalue weighted by Gasteiger charge is -2.05. The van der Waals surface area contributed by atoms with E-state index in [-0.39, 0.29) is 5.82 Å². The highest BCUT2D eigenvalue weighted by Gasteiger charge is 2.14. The van der Waals surface area contributed by atoms with Crippen LogP contribution in [0.2, 0.25) is 0 Å². The van der Waals surface area contributed by atoms with Gasteiger partial charge in [0, 0.05) is 11.4 Å². The van der Waals surface area contributed by atoms with Gasteiger partial charge in [-0.15, -0.1) is 11.3 Å². The molecule has 0 aliphatic carbocycles. The van der Waals surface area contributed by atoms with E-state index in [4.69, 9.17) is 4.74 Å². The van der Waals surface area contributed by atoms with Crippen molar-refractivity contribution in [1.82, 2.24) is 10.3 Å². The van der Waals surface area contributed by atoms with Crippen molar-refractivity contribution < 1.29 is 9.13 Å². The molecule has 0 amide bonds. The summed E-state index contributed by atoms with van der Waals surface area (Å²) < 4.78 is 18.5. The van der Waals surface area contributed by atoms with Crippen LogP contribution in [0.3, 0.4) is 0 Å². The molecule has 5 heteroatoms. The zero-order chi connectivity index (χ0) is 15.2. The van der Waals surface area contributed by atoms with E-state index in [1.165, 1.54) is 17.0 Å². The van der Waals surface area contributed by atoms with Crippen LogP contribution in [0.4, 0.5) is 4.39 Å². The van der Waals surface area contributed by atoms with Gasteiger partial charge in [0.05, 0.1) is 5.69 Å². The van der Waals surface area contributed by atoms with Gasteiger partial charge in [0.1, 0.15) is 23.2 Å². The lowest BCUT2D eigenvalue weighted by atomic mass is 10.1. The smallest absolute Gasteiger partial charge is 0.140 e. The minimum atomic E-state index is -0.258. The molecule has 0 saturated heterocycles. The molecule has 21 heavy (non-hydrogen) atoms. The topological polar surface area (TPSA) is 34.1 Å². The summed E-state index contributed by atoms with van der Waals surface area (Å²) in [4.78, 5) is 5.94. The molecule has 0 radical (unpaired) electrons. The first kappa shape index (κ1) is 15.9. The van der Waals surface area contributed by atoms with Crippen molar-refractivity contribution in [3.63, 3.8) is 0 Å². The third-order valence-corrected chi connectivity index (χ3v) is 4.07. The number of ether oxygens (including phenoxy) is 1. The molecular formula is C16H21FN2OS. The zero-order valence-corrected chi connectivity index (χ0v) is 13.5. The first-order chi connectivity index (χ1) is 10.1. The zero-order valence-electron chi connectivity index (χ0n) is 12.6. The number of thiazole rings is 1. The Morgan fingerprint density at radius 1 is 1.29 bits per heavy atom. The number of nitrogens with zero attached hydrogens (tertiary/aromatic N) is 1. The maximum Gasteiger partial charge on any atom is 0.140 e. The van der Waals surface area contributed by atoms with Gasteiger partial charge < -0.3 is 10.1 Å². The average molecular weight is 308 g/mol. The molecule has 0 aliphatic rings. The van der Waals surface area contributed by atoms with Crippen molar-refractivity contribution in [3.8, 4) is 5.75 Å². The van der Waals surface area contributed by atoms with Gasteiger partial charge in [0.15, 0.2) is 0 Å². The van der Waals surface area contributed by atoms with Crippen molar-refractivity contribution >= 4 is 11.3 Å². The fraction of sp³-hybridized carbons (Fsp3) is 0.438. The Morgan fingerprint density at radius 3 is 2.62 bits per heavy atom. The molecule has 0 fully saturated rings. The van der Waals surface area contributed by atoms with Crippen molar-refractivity contribution in [2.45, 2.75) is 39.8 Å². The highest BCUT2D eigenvalue weighted by Crippen LogP contribution is 2.26. The Balaban J connectivity index is 2.04. The summed E-state index contributed by atoms with van der Waals surface area (Å²) >= 11 is 1.68. The van der Waals surface area contributed by atoms with Crippen molar-refractivity contribution in [2.24, 2.45) is 0 Å². The first-order valence-electron chi connectivity index (χ1n) is 7.17. The predicted molar refractivity (Wildman–Crippen MR) is 84.3 cm³/mol. The summed E-state index contributed by atoms with van der Waals surface area (Å²) in [5.41, 5.74) is 1.14. The molecule has 0 saturated carbocycles. The molecule has 0 aliphatic heterocycles. The lowest BCUT2D eigenvalue weighted by Crippen LogP contribution is -2.12. The molecule has 1 aromatic carbocycles. The van der Waals surface area contributed by atoms with E-state index in [1.807, 2.05) is 0 Å². The van der Waals surface area contributed by atoms with E-state index in [0.29, 0.717) is 18.3 Å². The van der Waals surface area contributed by atoms with E-state index in [1.54, 1.807) is 23.5 Å². The summed E-state index contributed by atoms with van der Waals surface area (Å²) in [6.07, 6.45) is 0. The van der Waals surface area contributed by atoms with Gasteiger partial charge in [-0.3, -0.25) is 0 Å². The van der Waals surface area contributed by atoms with E-state index in [0.717, 1.165) is 23.8 Å². The Morgan fingerprint density at radius 2 is 2.00 bits per heavy atom. The number of benzene rings is 1. The van der Waals surface area contributed by atoms with Crippen LogP contribution in [0, 0.1) is 5.82 Å². The average Bonchev–Trinajstić information content (AvgIpc) is 2.88. The third-order valence-electron chi connectivity index (χ3n) is 3.03. The van der Waals surface area contributed by atoms with Crippen LogP contribution < -0.4 is 10.1 Å². The number of halogens is 1. The number of aromatic nitrogens is 1. The molecule has 0 unspecified atom stereocenters. The number of hydrogen-bond donors (Lipinski definition) is 1. The minimum Gasteiger partial charge on any atom is -0.486 e. The van der Waals surface area contributed by atoms with E-state index in [9.17, 15) is 4.39 Å². The van der Waals surface area contributed by atoms with Crippen LogP contribution in [0.1, 0.15) is 42.3 Å². The van der Waals surface area contributed by atoms with Crippen LogP contribution in [-0.2, 0) is 13.2 Å². The molecule has 114 valence electrons. The molecule has 0 spiro atoms. The van der Waals surface area contributed by atoms with Gasteiger partial charge in [-0.1, -0.05) is 20.8 Å². The number of nitrogens with one attached hydrogen (secondary N) is 1. The van der Waals surface area contributed by atoms with Crippen LogP contribution >= 0.6 is 11.3 Å². The molecular weight excluding hydrogens is 287 g/mol. The largest absolute Gasteiger partial charge is 0.486 e. The SMILES string of the molecule is CCNCc1sc(COc2ccc(F)cc2)nc1C(C)C. The van der Waals surface area contributed by atoms with Gasteiger partial charge in [-0.2, -0.15) is 0 Å². The Labute approximate surface area is 129 Å². The Bertz CT molecular complexity index is 566. The Kier molecular flexibility index (Phi) is 5.70. The molecule has 1 aromatic heterocycles. The molecule has 0 bridgehead atoms. The van der Waals surface area contributed by atoms with Crippen molar-refractivity contribution in [1.29, 1.82) is 0 Å². The fourth-order valence-electron chi connectivity index (χ4n) is 1.97. The standard InChI is InChI=1S/C16H21FN2OS/c1-4-18-9-14-16(11(2)3)19-15(21-14)10-20-13-7-5-12(17)6-8-13/h5-8,11,18H,4,9-10H2,1-3H3. The first-order valence-corrected chi connectivity index (χ1v) is 7.99. The maximum atomic E-state index is 12.8. The van der Waals surface area contributed by atoms with Gasteiger partial charge in [0.25, 0.3) is 0 Å². The van der Waals surface area contributed by atoms with Crippen molar-refractivity contribution in [3.05, 3.63) is 45.7 Å². The maximum absolute atomic E-state index is 12.8. The normalized spacial score (nSPS) is 11.1. The molecule has 0 atom stereocenters. The van der Waals surface area contributed by atoms with E-state index in [2.05, 4.69) is 31.1 Å². The quantitative estimate of drug-likeness (QED) is 0.836. The summed E-state index contributed by atoms with van der Waals surface area (Å²) in [5, 5.41) is 4.30. The second-order valence-electron chi connectivity index (χ2n) is 5.09. The lowest BCUT2D eigenvalue weighted by molar-refractivity contribution is 0.304. The highest BCUT2D eigenvalue weighted by atomic mass is 32.1. The minimum absolute atomic E-state index is 0.258. The van der Waals surface area contributed by atoms with Crippen LogP contribution in [-0.4, -0.2) is 11.5 Å². The van der Waals surface area contributed by atoms with Gasteiger partial charge in [-0.05, 0) is 36.7 Å². The molecule has 1 heterocycles. The van der Waals surface area contributed by atoms with E-state index < -0.39 is 0 Å². The molecule has 2 aromatic rings. The summed E-state index contributed by atoms with van der Waals surface area (Å²) in [6.45, 7) is 8.59. The van der Waals surface area contributed by atoms with Gasteiger partial charge >= 0.3 is 0 Å². The van der Waals surface area contributed by atoms with Crippen LogP contribution in [0.15, 0.2) is 24.3 Å². The monoisotopic (exact) mass is 308 g/mol. The van der Waals surface area contributed by atoms with E-state index >= 15 is 0 Å². The van der Waals surface area contributed by atoms with Gasteiger partial charge in [-0.25, -0.2) is 9.37 Å². The predicted octanol–water partition coefficient (Wildman–Crippen LogP) is 4.09. The fourth-order valence-corrected chi connectivity index (χ4v) is 3.07. The second-order valence-corrected chi connectivity index (χ2v) is 6.26. The van der Waals surface area contributed by atoms with Crippen molar-refractivity contribution in [2.75, 3.05) is 6.54 Å². The summed E-state index contributed by atoms with van der Waals surface area (Å²) in [5.74, 6) is 0.798. The Hall–Kier alpha value is -1.46. The van der Waals surface area contributed by atoms with Crippen LogP contribution in [0.5, 0.6) is 5.75 Å². The molecule has 2 rings (SSSR count). The summed E-state index contributed by atoms with van der Waals surface area (Å²) in [6, 6.07) is 6.05. The van der Waals surface area contributed by atoms with Gasteiger partial charge in [0.2, 0.25) is 0 Å². The van der Waals surface area contributed by atoms with Crippen LogP contribution in [0.25, 0.3) is 0 Å². The molecule has 1 N–H and O–H groups in total. The molecule has 3 nitrogen and oxygen atoms in total. The highest BCUT2D eigenvalue weighted by molar-refractivity contribution is 7.11. The number of hydrogen-bond acceptors (Lipinski definition) is 4. The summed E-state index contributed by atoms with van der Waals surface area (Å²) in [7, 11) is 0. The number of rotatable bonds is 7. The second kappa shape index (κ2) is 7.52. The third kappa shape index (κ3) is 4.51.